The third-order valence-corrected chi connectivity index (χ3v) is 1.99. The molecular weight excluding hydrogens is 206 g/mol. The molecule has 1 rings (SSSR count). The van der Waals surface area contributed by atoms with Gasteiger partial charge in [0.1, 0.15) is 0 Å². The lowest BCUT2D eigenvalue weighted by atomic mass is 10.2. The van der Waals surface area contributed by atoms with Gasteiger partial charge < -0.3 is 5.11 Å². The summed E-state index contributed by atoms with van der Waals surface area (Å²) in [5.74, 6) is -0.259. The molecule has 0 radical (unpaired) electrons. The van der Waals surface area contributed by atoms with E-state index in [0.717, 1.165) is 5.71 Å². The second-order valence-corrected chi connectivity index (χ2v) is 3.35. The molecular formula is C11H15N3O2. The molecule has 0 fully saturated rings. The highest BCUT2D eigenvalue weighted by Gasteiger charge is 2.02. The van der Waals surface area contributed by atoms with Crippen molar-refractivity contribution in [2.75, 3.05) is 6.61 Å². The van der Waals surface area contributed by atoms with Gasteiger partial charge in [-0.15, -0.1) is 0 Å². The Kier molecular flexibility index (Phi) is 5.15. The van der Waals surface area contributed by atoms with Crippen molar-refractivity contribution >= 4 is 11.6 Å². The van der Waals surface area contributed by atoms with E-state index in [1.54, 1.807) is 24.5 Å². The smallest absolute Gasteiger partial charge is 0.271 e. The first-order valence-electron chi connectivity index (χ1n) is 5.08. The van der Waals surface area contributed by atoms with Gasteiger partial charge in [0, 0.05) is 30.3 Å². The number of rotatable bonds is 5. The monoisotopic (exact) mass is 221 g/mol. The van der Waals surface area contributed by atoms with E-state index >= 15 is 0 Å². The number of hydrazone groups is 1. The van der Waals surface area contributed by atoms with E-state index in [4.69, 9.17) is 5.11 Å². The summed E-state index contributed by atoms with van der Waals surface area (Å²) in [7, 11) is 0. The summed E-state index contributed by atoms with van der Waals surface area (Å²) in [4.78, 5) is 15.3. The summed E-state index contributed by atoms with van der Waals surface area (Å²) in [5.41, 5.74) is 3.76. The molecule has 0 saturated carbocycles. The zero-order valence-electron chi connectivity index (χ0n) is 9.18. The van der Waals surface area contributed by atoms with Crippen molar-refractivity contribution in [1.82, 2.24) is 10.4 Å². The Morgan fingerprint density at radius 2 is 2.19 bits per heavy atom. The van der Waals surface area contributed by atoms with Crippen LogP contribution in [0.5, 0.6) is 0 Å². The van der Waals surface area contributed by atoms with E-state index < -0.39 is 0 Å². The number of aliphatic hydroxyl groups excluding tert-OH is 1. The van der Waals surface area contributed by atoms with Crippen LogP contribution in [-0.4, -0.2) is 28.3 Å². The molecule has 0 saturated heterocycles. The lowest BCUT2D eigenvalue weighted by Crippen LogP contribution is -2.19. The van der Waals surface area contributed by atoms with Gasteiger partial charge in [-0.3, -0.25) is 9.78 Å². The molecule has 0 aromatic carbocycles. The number of pyridine rings is 1. The van der Waals surface area contributed by atoms with Crippen LogP contribution >= 0.6 is 0 Å². The molecule has 1 aromatic rings. The van der Waals surface area contributed by atoms with Crippen molar-refractivity contribution in [3.63, 3.8) is 0 Å². The Balaban J connectivity index is 2.46. The Labute approximate surface area is 94.2 Å². The molecule has 1 aromatic heterocycles. The van der Waals surface area contributed by atoms with Crippen LogP contribution in [0.1, 0.15) is 30.1 Å². The van der Waals surface area contributed by atoms with Crippen LogP contribution in [-0.2, 0) is 0 Å². The van der Waals surface area contributed by atoms with Crippen molar-refractivity contribution in [1.29, 1.82) is 0 Å². The summed E-state index contributed by atoms with van der Waals surface area (Å²) >= 11 is 0. The number of amides is 1. The number of aliphatic hydroxyl groups is 1. The van der Waals surface area contributed by atoms with Gasteiger partial charge in [-0.05, 0) is 31.9 Å². The Bertz CT molecular complexity index is 363. The Morgan fingerprint density at radius 3 is 2.81 bits per heavy atom. The first-order valence-corrected chi connectivity index (χ1v) is 5.08. The van der Waals surface area contributed by atoms with Crippen molar-refractivity contribution in [3.8, 4) is 0 Å². The summed E-state index contributed by atoms with van der Waals surface area (Å²) in [6.07, 6.45) is 4.43. The Hall–Kier alpha value is -1.75. The number of nitrogens with one attached hydrogen (secondary N) is 1. The number of aromatic nitrogens is 1. The molecule has 5 nitrogen and oxygen atoms in total. The van der Waals surface area contributed by atoms with Crippen LogP contribution in [0.25, 0.3) is 0 Å². The molecule has 0 aliphatic carbocycles. The summed E-state index contributed by atoms with van der Waals surface area (Å²) < 4.78 is 0. The fourth-order valence-electron chi connectivity index (χ4n) is 1.10. The normalized spacial score (nSPS) is 11.2. The molecule has 86 valence electrons. The minimum absolute atomic E-state index is 0.130. The molecule has 0 atom stereocenters. The number of hydrogen-bond acceptors (Lipinski definition) is 4. The maximum Gasteiger partial charge on any atom is 0.271 e. The standard InChI is InChI=1S/C11H15N3O2/c1-9(3-2-8-15)13-14-11(16)10-4-6-12-7-5-10/h4-7,15H,2-3,8H2,1H3,(H,14,16)/b13-9-. The quantitative estimate of drug-likeness (QED) is 0.574. The first-order chi connectivity index (χ1) is 7.74. The minimum Gasteiger partial charge on any atom is -0.396 e. The lowest BCUT2D eigenvalue weighted by Gasteiger charge is -2.01. The maximum absolute atomic E-state index is 11.5. The Morgan fingerprint density at radius 1 is 1.50 bits per heavy atom. The van der Waals surface area contributed by atoms with Crippen LogP contribution in [0, 0.1) is 0 Å². The molecule has 0 aliphatic rings. The van der Waals surface area contributed by atoms with Gasteiger partial charge in [0.25, 0.3) is 5.91 Å². The van der Waals surface area contributed by atoms with Crippen LogP contribution in [0.3, 0.4) is 0 Å². The van der Waals surface area contributed by atoms with Crippen molar-refractivity contribution < 1.29 is 9.90 Å². The van der Waals surface area contributed by atoms with E-state index in [1.807, 2.05) is 6.92 Å². The predicted molar refractivity (Wildman–Crippen MR) is 61.1 cm³/mol. The average molecular weight is 221 g/mol. The van der Waals surface area contributed by atoms with Crippen molar-refractivity contribution in [2.45, 2.75) is 19.8 Å². The first kappa shape index (κ1) is 12.3. The molecule has 0 aliphatic heterocycles. The molecule has 2 N–H and O–H groups in total. The van der Waals surface area contributed by atoms with E-state index in [-0.39, 0.29) is 12.5 Å². The summed E-state index contributed by atoms with van der Waals surface area (Å²) in [6.45, 7) is 1.94. The van der Waals surface area contributed by atoms with Crippen LogP contribution in [0.4, 0.5) is 0 Å². The van der Waals surface area contributed by atoms with E-state index in [0.29, 0.717) is 18.4 Å². The van der Waals surface area contributed by atoms with E-state index in [1.165, 1.54) is 0 Å². The van der Waals surface area contributed by atoms with Gasteiger partial charge in [-0.25, -0.2) is 5.43 Å². The highest BCUT2D eigenvalue weighted by Crippen LogP contribution is 1.96. The number of carbonyl (C=O) groups excluding carboxylic acids is 1. The summed E-state index contributed by atoms with van der Waals surface area (Å²) in [6, 6.07) is 3.24. The van der Waals surface area contributed by atoms with Crippen LogP contribution in [0.2, 0.25) is 0 Å². The third-order valence-electron chi connectivity index (χ3n) is 1.99. The molecule has 16 heavy (non-hydrogen) atoms. The number of hydrogen-bond donors (Lipinski definition) is 2. The highest BCUT2D eigenvalue weighted by molar-refractivity contribution is 5.95. The van der Waals surface area contributed by atoms with Gasteiger partial charge in [-0.1, -0.05) is 0 Å². The highest BCUT2D eigenvalue weighted by atomic mass is 16.2. The minimum atomic E-state index is -0.259. The zero-order valence-corrected chi connectivity index (χ0v) is 9.18. The predicted octanol–water partition coefficient (Wildman–Crippen LogP) is 0.960. The molecule has 0 unspecified atom stereocenters. The molecule has 1 heterocycles. The molecule has 5 heteroatoms. The summed E-state index contributed by atoms with van der Waals surface area (Å²) in [5, 5.41) is 12.5. The molecule has 1 amide bonds. The van der Waals surface area contributed by atoms with Gasteiger partial charge in [0.15, 0.2) is 0 Å². The van der Waals surface area contributed by atoms with E-state index in [9.17, 15) is 4.79 Å². The molecule has 0 bridgehead atoms. The van der Waals surface area contributed by atoms with Crippen molar-refractivity contribution in [3.05, 3.63) is 30.1 Å². The number of carbonyl (C=O) groups is 1. The molecule has 0 spiro atoms. The number of nitrogens with zero attached hydrogens (tertiary/aromatic N) is 2. The lowest BCUT2D eigenvalue weighted by molar-refractivity contribution is 0.0954. The third kappa shape index (κ3) is 4.18. The van der Waals surface area contributed by atoms with Crippen molar-refractivity contribution in [2.24, 2.45) is 5.10 Å². The fraction of sp³-hybridized carbons (Fsp3) is 0.364. The van der Waals surface area contributed by atoms with Crippen LogP contribution in [0.15, 0.2) is 29.6 Å². The van der Waals surface area contributed by atoms with Gasteiger partial charge in [0.05, 0.1) is 0 Å². The maximum atomic E-state index is 11.5. The van der Waals surface area contributed by atoms with Gasteiger partial charge in [-0.2, -0.15) is 5.10 Å². The second kappa shape index (κ2) is 6.68. The van der Waals surface area contributed by atoms with Crippen LogP contribution < -0.4 is 5.43 Å². The average Bonchev–Trinajstić information content (AvgIpc) is 2.34. The largest absolute Gasteiger partial charge is 0.396 e. The van der Waals surface area contributed by atoms with Gasteiger partial charge >= 0.3 is 0 Å². The van der Waals surface area contributed by atoms with E-state index in [2.05, 4.69) is 15.5 Å². The second-order valence-electron chi connectivity index (χ2n) is 3.35. The van der Waals surface area contributed by atoms with Gasteiger partial charge in [0.2, 0.25) is 0 Å². The fourth-order valence-corrected chi connectivity index (χ4v) is 1.10. The SMILES string of the molecule is C/C(CCCO)=N/NC(=O)c1ccncc1. The topological polar surface area (TPSA) is 74.6 Å². The zero-order chi connectivity index (χ0) is 11.8.